The number of amides is 2. The molecule has 2 aromatic rings. The van der Waals surface area contributed by atoms with E-state index in [9.17, 15) is 14.4 Å². The molecule has 36 heavy (non-hydrogen) atoms. The first-order valence-electron chi connectivity index (χ1n) is 12.6. The summed E-state index contributed by atoms with van der Waals surface area (Å²) in [7, 11) is 0. The number of aldehydes is 1. The lowest BCUT2D eigenvalue weighted by Crippen LogP contribution is -2.41. The lowest BCUT2D eigenvalue weighted by atomic mass is 10.00. The van der Waals surface area contributed by atoms with E-state index < -0.39 is 0 Å². The van der Waals surface area contributed by atoms with Crippen LogP contribution in [0.1, 0.15) is 36.8 Å². The van der Waals surface area contributed by atoms with Gasteiger partial charge in [0, 0.05) is 38.7 Å². The van der Waals surface area contributed by atoms with Crippen LogP contribution in [0, 0.1) is 11.8 Å². The van der Waals surface area contributed by atoms with Crippen molar-refractivity contribution in [2.75, 3.05) is 32.8 Å². The van der Waals surface area contributed by atoms with E-state index in [4.69, 9.17) is 14.6 Å². The Kier molecular flexibility index (Phi) is 11.2. The molecule has 0 radical (unpaired) electrons. The van der Waals surface area contributed by atoms with Gasteiger partial charge in [0.25, 0.3) is 0 Å². The van der Waals surface area contributed by atoms with Crippen LogP contribution in [0.25, 0.3) is 0 Å². The molecule has 0 saturated carbocycles. The molecule has 2 amide bonds. The average molecular weight is 497 g/mol. The minimum absolute atomic E-state index is 0.0389. The predicted octanol–water partition coefficient (Wildman–Crippen LogP) is 4.26. The van der Waals surface area contributed by atoms with Crippen molar-refractivity contribution in [2.45, 2.75) is 38.9 Å². The third-order valence-corrected chi connectivity index (χ3v) is 6.35. The molecule has 8 nitrogen and oxygen atoms in total. The number of aliphatic hydroxyl groups is 1. The van der Waals surface area contributed by atoms with E-state index in [0.29, 0.717) is 26.2 Å². The third kappa shape index (κ3) is 9.00. The number of benzene rings is 2. The van der Waals surface area contributed by atoms with Crippen molar-refractivity contribution < 1.29 is 29.0 Å². The number of hydrogen-bond donors (Lipinski definition) is 1. The second-order valence-corrected chi connectivity index (χ2v) is 9.20. The van der Waals surface area contributed by atoms with Gasteiger partial charge in [-0.2, -0.15) is 0 Å². The quantitative estimate of drug-likeness (QED) is 0.601. The third-order valence-electron chi connectivity index (χ3n) is 6.35. The van der Waals surface area contributed by atoms with Gasteiger partial charge in [0.2, 0.25) is 0 Å². The number of rotatable bonds is 6. The maximum atomic E-state index is 11.9. The summed E-state index contributed by atoms with van der Waals surface area (Å²) in [5, 5.41) is 9.12. The second kappa shape index (κ2) is 14.9. The van der Waals surface area contributed by atoms with Crippen molar-refractivity contribution in [1.82, 2.24) is 9.80 Å². The van der Waals surface area contributed by atoms with E-state index in [1.807, 2.05) is 60.7 Å². The molecule has 0 spiro atoms. The minimum atomic E-state index is -0.328. The Bertz CT molecular complexity index is 940. The number of likely N-dealkylation sites (tertiary alicyclic amines) is 2. The molecule has 2 aromatic carbocycles. The monoisotopic (exact) mass is 496 g/mol. The summed E-state index contributed by atoms with van der Waals surface area (Å²) in [6.45, 7) is 3.22. The molecule has 2 fully saturated rings. The Balaban J connectivity index is 0.000000201. The van der Waals surface area contributed by atoms with Gasteiger partial charge in [-0.1, -0.05) is 60.7 Å². The van der Waals surface area contributed by atoms with Crippen molar-refractivity contribution in [3.63, 3.8) is 0 Å². The van der Waals surface area contributed by atoms with E-state index >= 15 is 0 Å². The number of carbonyl (C=O) groups is 3. The molecule has 0 unspecified atom stereocenters. The van der Waals surface area contributed by atoms with Gasteiger partial charge >= 0.3 is 12.2 Å². The van der Waals surface area contributed by atoms with Gasteiger partial charge in [0.15, 0.2) is 0 Å². The lowest BCUT2D eigenvalue weighted by Gasteiger charge is -2.31. The van der Waals surface area contributed by atoms with E-state index in [1.54, 1.807) is 9.80 Å². The number of carbonyl (C=O) groups excluding carboxylic acids is 3. The molecule has 8 heteroatoms. The summed E-state index contributed by atoms with van der Waals surface area (Å²) >= 11 is 0. The molecule has 1 N–H and O–H groups in total. The molecule has 2 heterocycles. The molecule has 194 valence electrons. The first-order chi connectivity index (χ1) is 17.6. The zero-order chi connectivity index (χ0) is 25.6. The highest BCUT2D eigenvalue weighted by atomic mass is 16.6. The number of ether oxygens (including phenoxy) is 2. The van der Waals surface area contributed by atoms with Crippen LogP contribution >= 0.6 is 0 Å². The highest BCUT2D eigenvalue weighted by Gasteiger charge is 2.25. The zero-order valence-electron chi connectivity index (χ0n) is 20.7. The summed E-state index contributed by atoms with van der Waals surface area (Å²) < 4.78 is 10.5. The van der Waals surface area contributed by atoms with Gasteiger partial charge in [-0.05, 0) is 42.7 Å². The fourth-order valence-corrected chi connectivity index (χ4v) is 4.29. The van der Waals surface area contributed by atoms with E-state index in [1.165, 1.54) is 0 Å². The van der Waals surface area contributed by atoms with Gasteiger partial charge in [-0.3, -0.25) is 0 Å². The molecular formula is C28H36N2O6. The summed E-state index contributed by atoms with van der Waals surface area (Å²) in [5.74, 6) is 0.158. The second-order valence-electron chi connectivity index (χ2n) is 9.20. The molecule has 0 bridgehead atoms. The molecule has 2 saturated heterocycles. The number of nitrogens with zero attached hydrogens (tertiary/aromatic N) is 2. The number of hydrogen-bond acceptors (Lipinski definition) is 6. The van der Waals surface area contributed by atoms with Crippen LogP contribution in [0.5, 0.6) is 0 Å². The van der Waals surface area contributed by atoms with Crippen LogP contribution in [0.3, 0.4) is 0 Å². The SMILES string of the molecule is O=C(OCc1ccccc1)N1CCC[C@@H](CO)C1.O=C[C@@H]1CCCN(C(=O)OCc2ccccc2)C1. The standard InChI is InChI=1S/C14H19NO3.C14H17NO3/c2*16-10-13-7-4-8-15(9-13)14(17)18-11-12-5-2-1-3-6-12/h1-3,5-6,13,16H,4,7-11H2;1-3,5-6,10,13H,4,7-9,11H2/t2*13-/m11/s1. The zero-order valence-corrected chi connectivity index (χ0v) is 20.7. The van der Waals surface area contributed by atoms with Crippen molar-refractivity contribution >= 4 is 18.5 Å². The minimum Gasteiger partial charge on any atom is -0.445 e. The Morgan fingerprint density at radius 3 is 1.81 bits per heavy atom. The first kappa shape index (κ1) is 27.2. The number of aliphatic hydroxyl groups excluding tert-OH is 1. The van der Waals surface area contributed by atoms with Gasteiger partial charge in [0.05, 0.1) is 0 Å². The lowest BCUT2D eigenvalue weighted by molar-refractivity contribution is -0.112. The molecular weight excluding hydrogens is 460 g/mol. The first-order valence-corrected chi connectivity index (χ1v) is 12.6. The molecule has 2 aliphatic rings. The largest absolute Gasteiger partial charge is 0.445 e. The smallest absolute Gasteiger partial charge is 0.410 e. The highest BCUT2D eigenvalue weighted by molar-refractivity contribution is 5.69. The topological polar surface area (TPSA) is 96.4 Å². The highest BCUT2D eigenvalue weighted by Crippen LogP contribution is 2.17. The van der Waals surface area contributed by atoms with Gasteiger partial charge < -0.3 is 29.2 Å². The van der Waals surface area contributed by atoms with E-state index in [0.717, 1.165) is 49.6 Å². The van der Waals surface area contributed by atoms with Crippen LogP contribution in [-0.2, 0) is 27.5 Å². The summed E-state index contributed by atoms with van der Waals surface area (Å²) in [6.07, 6.45) is 3.97. The fourth-order valence-electron chi connectivity index (χ4n) is 4.29. The summed E-state index contributed by atoms with van der Waals surface area (Å²) in [4.78, 5) is 37.7. The molecule has 0 aromatic heterocycles. The maximum Gasteiger partial charge on any atom is 0.410 e. The van der Waals surface area contributed by atoms with Gasteiger partial charge in [-0.25, -0.2) is 9.59 Å². The van der Waals surface area contributed by atoms with Crippen molar-refractivity contribution in [1.29, 1.82) is 0 Å². The van der Waals surface area contributed by atoms with Crippen LogP contribution in [0.4, 0.5) is 9.59 Å². The van der Waals surface area contributed by atoms with Gasteiger partial charge in [0.1, 0.15) is 19.5 Å². The Morgan fingerprint density at radius 2 is 1.31 bits per heavy atom. The van der Waals surface area contributed by atoms with Crippen LogP contribution in [0.2, 0.25) is 0 Å². The maximum absolute atomic E-state index is 11.9. The van der Waals surface area contributed by atoms with Crippen LogP contribution < -0.4 is 0 Å². The molecule has 2 aliphatic heterocycles. The van der Waals surface area contributed by atoms with Crippen molar-refractivity contribution in [3.8, 4) is 0 Å². The van der Waals surface area contributed by atoms with Crippen molar-refractivity contribution in [3.05, 3.63) is 71.8 Å². The summed E-state index contributed by atoms with van der Waals surface area (Å²) in [5.41, 5.74) is 1.95. The predicted molar refractivity (Wildman–Crippen MR) is 135 cm³/mol. The van der Waals surface area contributed by atoms with Crippen molar-refractivity contribution in [2.24, 2.45) is 11.8 Å². The molecule has 4 rings (SSSR count). The van der Waals surface area contributed by atoms with Crippen LogP contribution in [-0.4, -0.2) is 66.2 Å². The normalized spacial score (nSPS) is 19.5. The number of piperidine rings is 2. The van der Waals surface area contributed by atoms with E-state index in [-0.39, 0.29) is 37.2 Å². The molecule has 0 aliphatic carbocycles. The fraction of sp³-hybridized carbons (Fsp3) is 0.464. The Morgan fingerprint density at radius 1 is 0.806 bits per heavy atom. The molecule has 2 atom stereocenters. The van der Waals surface area contributed by atoms with Gasteiger partial charge in [-0.15, -0.1) is 0 Å². The average Bonchev–Trinajstić information content (AvgIpc) is 2.96. The summed E-state index contributed by atoms with van der Waals surface area (Å²) in [6, 6.07) is 19.2. The van der Waals surface area contributed by atoms with E-state index in [2.05, 4.69) is 0 Å². The Hall–Kier alpha value is -3.39. The Labute approximate surface area is 212 Å². The van der Waals surface area contributed by atoms with Crippen LogP contribution in [0.15, 0.2) is 60.7 Å².